The number of epoxide rings is 1. The van der Waals surface area contributed by atoms with Crippen molar-refractivity contribution in [1.29, 1.82) is 0 Å². The summed E-state index contributed by atoms with van der Waals surface area (Å²) in [5.41, 5.74) is 6.22. The molecule has 2 aliphatic rings. The third-order valence-corrected chi connectivity index (χ3v) is 4.88. The summed E-state index contributed by atoms with van der Waals surface area (Å²) in [6.07, 6.45) is -1.62. The highest BCUT2D eigenvalue weighted by Crippen LogP contribution is 2.33. The number of hydrogen-bond acceptors (Lipinski definition) is 5. The number of aliphatic carboxylic acids is 1. The number of carbonyl (C=O) groups excluding carboxylic acids is 2. The molecule has 7 nitrogen and oxygen atoms in total. The maximum atomic E-state index is 12.6. The Morgan fingerprint density at radius 2 is 1.80 bits per heavy atom. The molecule has 0 bridgehead atoms. The summed E-state index contributed by atoms with van der Waals surface area (Å²) in [6.45, 7) is 2.19. The second kappa shape index (κ2) is 9.57. The molecule has 1 saturated heterocycles. The number of carboxylic acids is 1. The minimum atomic E-state index is -5.08. The average molecular weight is 430 g/mol. The first-order valence-electron chi connectivity index (χ1n) is 9.50. The molecule has 1 aliphatic heterocycles. The molecule has 2 fully saturated rings. The summed E-state index contributed by atoms with van der Waals surface area (Å²) in [7, 11) is 0. The van der Waals surface area contributed by atoms with E-state index in [1.54, 1.807) is 6.92 Å². The molecule has 1 aliphatic carbocycles. The Hall–Kier alpha value is -2.46. The Kier molecular flexibility index (Phi) is 7.59. The Balaban J connectivity index is 0.000000396. The maximum Gasteiger partial charge on any atom is 0.490 e. The van der Waals surface area contributed by atoms with Crippen LogP contribution in [-0.2, 0) is 25.5 Å². The van der Waals surface area contributed by atoms with E-state index in [1.807, 2.05) is 30.3 Å². The normalized spacial score (nSPS) is 22.2. The Morgan fingerprint density at radius 1 is 1.27 bits per heavy atom. The lowest BCUT2D eigenvalue weighted by atomic mass is 9.94. The molecule has 10 heteroatoms. The first-order chi connectivity index (χ1) is 13.9. The van der Waals surface area contributed by atoms with Crippen LogP contribution in [0.3, 0.4) is 0 Å². The smallest absolute Gasteiger partial charge is 0.475 e. The van der Waals surface area contributed by atoms with Gasteiger partial charge in [0.25, 0.3) is 0 Å². The topological polar surface area (TPSA) is 122 Å². The molecule has 3 rings (SSSR count). The van der Waals surface area contributed by atoms with Gasteiger partial charge in [-0.3, -0.25) is 9.59 Å². The van der Waals surface area contributed by atoms with Crippen molar-refractivity contribution in [1.82, 2.24) is 5.32 Å². The lowest BCUT2D eigenvalue weighted by Crippen LogP contribution is -2.52. The van der Waals surface area contributed by atoms with Crippen LogP contribution in [0.15, 0.2) is 30.3 Å². The van der Waals surface area contributed by atoms with Gasteiger partial charge in [-0.1, -0.05) is 43.2 Å². The van der Waals surface area contributed by atoms with Gasteiger partial charge in [-0.05, 0) is 31.2 Å². The first-order valence-corrected chi connectivity index (χ1v) is 9.50. The molecule has 1 amide bonds. The molecule has 1 heterocycles. The lowest BCUT2D eigenvalue weighted by molar-refractivity contribution is -0.192. The van der Waals surface area contributed by atoms with Gasteiger partial charge >= 0.3 is 12.1 Å². The van der Waals surface area contributed by atoms with Crippen LogP contribution in [0.25, 0.3) is 0 Å². The van der Waals surface area contributed by atoms with Crippen LogP contribution < -0.4 is 11.1 Å². The molecule has 0 spiro atoms. The molecule has 1 aromatic carbocycles. The first kappa shape index (κ1) is 23.8. The van der Waals surface area contributed by atoms with Crippen LogP contribution in [0.5, 0.6) is 0 Å². The van der Waals surface area contributed by atoms with Crippen molar-refractivity contribution in [2.75, 3.05) is 6.61 Å². The standard InChI is InChI=1S/C18H24N2O3.C2HF3O2/c1-18(11-23-18)16(21)15(10-12-5-3-2-4-6-12)20-17(22)14(19)9-13-7-8-13;3-2(4,5)1(6)7/h2-6,13-15H,7-11,19H2,1H3,(H,20,22);(H,6,7)/t14-,15-,18+;/m0./s1. The van der Waals surface area contributed by atoms with Gasteiger partial charge in [0.15, 0.2) is 5.78 Å². The van der Waals surface area contributed by atoms with Gasteiger partial charge in [0.2, 0.25) is 5.91 Å². The second-order valence-electron chi connectivity index (χ2n) is 7.72. The number of rotatable bonds is 8. The minimum Gasteiger partial charge on any atom is -0.475 e. The van der Waals surface area contributed by atoms with Crippen molar-refractivity contribution >= 4 is 17.7 Å². The molecule has 30 heavy (non-hydrogen) atoms. The summed E-state index contributed by atoms with van der Waals surface area (Å²) < 4.78 is 37.0. The Labute approximate surface area is 171 Å². The van der Waals surface area contributed by atoms with Crippen LogP contribution >= 0.6 is 0 Å². The molecule has 0 radical (unpaired) electrons. The van der Waals surface area contributed by atoms with Crippen LogP contribution in [-0.4, -0.2) is 53.2 Å². The van der Waals surface area contributed by atoms with E-state index >= 15 is 0 Å². The molecular weight excluding hydrogens is 405 g/mol. The van der Waals surface area contributed by atoms with Gasteiger partial charge in [0, 0.05) is 0 Å². The number of carbonyl (C=O) groups is 3. The zero-order valence-corrected chi connectivity index (χ0v) is 16.4. The highest BCUT2D eigenvalue weighted by atomic mass is 19.4. The summed E-state index contributed by atoms with van der Waals surface area (Å²) in [6, 6.07) is 8.54. The van der Waals surface area contributed by atoms with E-state index in [2.05, 4.69) is 5.32 Å². The third-order valence-electron chi connectivity index (χ3n) is 4.88. The van der Waals surface area contributed by atoms with Crippen molar-refractivity contribution in [3.8, 4) is 0 Å². The van der Waals surface area contributed by atoms with Gasteiger partial charge in [0.1, 0.15) is 5.60 Å². The number of Topliss-reactive ketones (excluding diaryl/α,β-unsaturated/α-hetero) is 1. The van der Waals surface area contributed by atoms with Crippen LogP contribution in [0.4, 0.5) is 13.2 Å². The van der Waals surface area contributed by atoms with Crippen LogP contribution in [0.2, 0.25) is 0 Å². The van der Waals surface area contributed by atoms with Gasteiger partial charge in [-0.15, -0.1) is 0 Å². The molecule has 0 aromatic heterocycles. The predicted octanol–water partition coefficient (Wildman–Crippen LogP) is 1.83. The minimum absolute atomic E-state index is 0.0756. The number of ketones is 1. The monoisotopic (exact) mass is 430 g/mol. The maximum absolute atomic E-state index is 12.6. The lowest BCUT2D eigenvalue weighted by Gasteiger charge is -2.22. The van der Waals surface area contributed by atoms with Crippen LogP contribution in [0.1, 0.15) is 31.7 Å². The van der Waals surface area contributed by atoms with Gasteiger partial charge in [-0.2, -0.15) is 13.2 Å². The van der Waals surface area contributed by atoms with Crippen molar-refractivity contribution in [3.05, 3.63) is 35.9 Å². The number of ether oxygens (including phenoxy) is 1. The number of nitrogens with two attached hydrogens (primary N) is 1. The Bertz CT molecular complexity index is 761. The van der Waals surface area contributed by atoms with Gasteiger partial charge in [-0.25, -0.2) is 4.79 Å². The largest absolute Gasteiger partial charge is 0.490 e. The number of alkyl halides is 3. The van der Waals surface area contributed by atoms with E-state index in [-0.39, 0.29) is 11.7 Å². The van der Waals surface area contributed by atoms with E-state index < -0.39 is 29.8 Å². The zero-order chi connectivity index (χ0) is 22.5. The fourth-order valence-corrected chi connectivity index (χ4v) is 2.78. The fraction of sp³-hybridized carbons (Fsp3) is 0.550. The molecule has 166 valence electrons. The van der Waals surface area contributed by atoms with Crippen molar-refractivity contribution in [2.24, 2.45) is 11.7 Å². The average Bonchev–Trinajstić information content (AvgIpc) is 3.60. The van der Waals surface area contributed by atoms with Gasteiger partial charge < -0.3 is 20.9 Å². The number of hydrogen-bond donors (Lipinski definition) is 3. The second-order valence-corrected chi connectivity index (χ2v) is 7.72. The zero-order valence-electron chi connectivity index (χ0n) is 16.4. The molecule has 0 unspecified atom stereocenters. The molecule has 1 saturated carbocycles. The summed E-state index contributed by atoms with van der Waals surface area (Å²) in [5, 5.41) is 9.98. The van der Waals surface area contributed by atoms with Crippen molar-refractivity contribution < 1.29 is 37.4 Å². The van der Waals surface area contributed by atoms with E-state index in [0.29, 0.717) is 25.4 Å². The number of amides is 1. The fourth-order valence-electron chi connectivity index (χ4n) is 2.78. The number of benzene rings is 1. The summed E-state index contributed by atoms with van der Waals surface area (Å²) in [4.78, 5) is 33.9. The van der Waals surface area contributed by atoms with Gasteiger partial charge in [0.05, 0.1) is 18.7 Å². The van der Waals surface area contributed by atoms with Crippen molar-refractivity contribution in [3.63, 3.8) is 0 Å². The Morgan fingerprint density at radius 3 is 2.23 bits per heavy atom. The quantitative estimate of drug-likeness (QED) is 0.541. The van der Waals surface area contributed by atoms with E-state index in [4.69, 9.17) is 20.4 Å². The number of nitrogens with one attached hydrogen (secondary N) is 1. The van der Waals surface area contributed by atoms with E-state index in [1.165, 1.54) is 0 Å². The number of carboxylic acid groups (broad SMARTS) is 1. The highest BCUT2D eigenvalue weighted by molar-refractivity contribution is 5.97. The SMILES string of the molecule is C[C@]1(C(=O)[C@H](Cc2ccccc2)NC(=O)[C@@H](N)CC2CC2)CO1.O=C(O)C(F)(F)F. The van der Waals surface area contributed by atoms with E-state index in [9.17, 15) is 22.8 Å². The molecule has 4 N–H and O–H groups in total. The van der Waals surface area contributed by atoms with Crippen molar-refractivity contribution in [2.45, 2.75) is 56.5 Å². The summed E-state index contributed by atoms with van der Waals surface area (Å²) >= 11 is 0. The summed E-state index contributed by atoms with van der Waals surface area (Å²) in [5.74, 6) is -2.50. The number of halogens is 3. The predicted molar refractivity (Wildman–Crippen MR) is 100 cm³/mol. The third kappa shape index (κ3) is 7.42. The molecule has 3 atom stereocenters. The molecule has 1 aromatic rings. The molecular formula is C20H25F3N2O5. The van der Waals surface area contributed by atoms with Crippen LogP contribution in [0, 0.1) is 5.92 Å². The van der Waals surface area contributed by atoms with E-state index in [0.717, 1.165) is 18.4 Å². The highest BCUT2D eigenvalue weighted by Gasteiger charge is 2.50.